The van der Waals surface area contributed by atoms with Gasteiger partial charge in [0.25, 0.3) is 0 Å². The van der Waals surface area contributed by atoms with Crippen LogP contribution in [0.25, 0.3) is 75.1 Å². The summed E-state index contributed by atoms with van der Waals surface area (Å²) in [6.45, 7) is 0. The summed E-state index contributed by atoms with van der Waals surface area (Å²) in [6.07, 6.45) is 5.92. The normalized spacial score (nSPS) is 12.3. The minimum Gasteiger partial charge on any atom is -0.299 e. The molecule has 5 heterocycles. The molecular formula is C50H32N4SSi. The monoisotopic (exact) mass is 748 g/mol. The van der Waals surface area contributed by atoms with Gasteiger partial charge in [0, 0.05) is 66.0 Å². The molecule has 0 saturated carbocycles. The lowest BCUT2D eigenvalue weighted by Crippen LogP contribution is -2.74. The molecular weight excluding hydrogens is 717 g/mol. The van der Waals surface area contributed by atoms with E-state index in [0.29, 0.717) is 0 Å². The number of pyridine rings is 2. The second-order valence-corrected chi connectivity index (χ2v) is 19.5. The lowest BCUT2D eigenvalue weighted by Gasteiger charge is -2.35. The van der Waals surface area contributed by atoms with Crippen LogP contribution in [-0.2, 0) is 0 Å². The quantitative estimate of drug-likeness (QED) is 0.0999. The summed E-state index contributed by atoms with van der Waals surface area (Å²) in [5, 5.41) is 13.9. The van der Waals surface area contributed by atoms with Gasteiger partial charge in [-0.15, -0.1) is 11.3 Å². The van der Waals surface area contributed by atoms with Crippen LogP contribution in [0.3, 0.4) is 0 Å². The number of nitrogens with zero attached hydrogens (tertiary/aromatic N) is 4. The number of aromatic nitrogens is 4. The highest BCUT2D eigenvalue weighted by molar-refractivity contribution is 7.26. The van der Waals surface area contributed by atoms with Gasteiger partial charge in [-0.3, -0.25) is 8.97 Å². The molecule has 0 aliphatic carbocycles. The number of benzene rings is 7. The van der Waals surface area contributed by atoms with Crippen molar-refractivity contribution in [1.29, 1.82) is 0 Å². The second kappa shape index (κ2) is 12.1. The molecule has 4 nitrogen and oxygen atoms in total. The van der Waals surface area contributed by atoms with Crippen molar-refractivity contribution in [3.8, 4) is 5.69 Å². The molecule has 0 fully saturated rings. The summed E-state index contributed by atoms with van der Waals surface area (Å²) in [6, 6.07) is 65.2. The number of imidazole rings is 1. The van der Waals surface area contributed by atoms with Crippen LogP contribution in [0.4, 0.5) is 0 Å². The first-order valence-electron chi connectivity index (χ1n) is 19.0. The fourth-order valence-electron chi connectivity index (χ4n) is 9.47. The number of fused-ring (bicyclic) bond motifs is 13. The Balaban J connectivity index is 1.19. The maximum Gasteiger partial charge on any atom is 0.179 e. The minimum absolute atomic E-state index is 0.966. The number of hydrogen-bond acceptors (Lipinski definition) is 3. The molecule has 7 aromatic carbocycles. The first-order chi connectivity index (χ1) is 27.8. The van der Waals surface area contributed by atoms with Crippen molar-refractivity contribution < 1.29 is 0 Å². The average Bonchev–Trinajstić information content (AvgIpc) is 4.00. The maximum absolute atomic E-state index is 5.08. The molecule has 0 aliphatic heterocycles. The van der Waals surface area contributed by atoms with E-state index in [4.69, 9.17) is 9.97 Å². The number of para-hydroxylation sites is 1. The topological polar surface area (TPSA) is 35.1 Å². The van der Waals surface area contributed by atoms with Crippen molar-refractivity contribution in [2.75, 3.05) is 0 Å². The molecule has 0 N–H and O–H groups in total. The predicted molar refractivity (Wildman–Crippen MR) is 239 cm³/mol. The van der Waals surface area contributed by atoms with Gasteiger partial charge in [0.15, 0.2) is 8.07 Å². The molecule has 0 atom stereocenters. The Morgan fingerprint density at radius 2 is 1.11 bits per heavy atom. The second-order valence-electron chi connectivity index (χ2n) is 14.6. The highest BCUT2D eigenvalue weighted by atomic mass is 32.1. The SMILES string of the molecule is c1ccc([Si](c2ccccc2)(c2cccc(-n3c4ccc5sc6ccccc6c5c4c4cccnc43)c2)c2ccc3c4ccccc4n4ccnc4c3c2)cc1. The van der Waals surface area contributed by atoms with E-state index in [9.17, 15) is 0 Å². The summed E-state index contributed by atoms with van der Waals surface area (Å²) in [7, 11) is -2.97. The van der Waals surface area contributed by atoms with E-state index >= 15 is 0 Å². The zero-order valence-electron chi connectivity index (χ0n) is 30.2. The van der Waals surface area contributed by atoms with Crippen molar-refractivity contribution in [3.05, 3.63) is 195 Å². The van der Waals surface area contributed by atoms with Crippen molar-refractivity contribution in [1.82, 2.24) is 18.9 Å². The minimum atomic E-state index is -2.97. The molecule has 6 heteroatoms. The molecule has 12 rings (SSSR count). The molecule has 0 unspecified atom stereocenters. The standard InChI is InChI=1S/C50H32N4SSi/c1-3-14-34(15-4-1)56(35-16-5-2-6-17-35,37-24-25-38-39-19-7-9-22-43(39)53-30-29-52-49(53)42(38)32-37)36-18-11-13-33(31-36)54-44-26-27-46-48(40-20-8-10-23-45(40)55-46)47(44)41-21-12-28-51-50(41)54/h1-32H. The van der Waals surface area contributed by atoms with Gasteiger partial charge in [-0.1, -0.05) is 127 Å². The van der Waals surface area contributed by atoms with Crippen LogP contribution in [-0.4, -0.2) is 27.0 Å². The van der Waals surface area contributed by atoms with E-state index in [1.165, 1.54) is 62.5 Å². The predicted octanol–water partition coefficient (Wildman–Crippen LogP) is 9.88. The van der Waals surface area contributed by atoms with Gasteiger partial charge in [0.2, 0.25) is 0 Å². The molecule has 0 amide bonds. The molecule has 262 valence electrons. The fourth-order valence-corrected chi connectivity index (χ4v) is 15.4. The van der Waals surface area contributed by atoms with Crippen LogP contribution in [0.2, 0.25) is 0 Å². The zero-order chi connectivity index (χ0) is 36.8. The number of thiophene rings is 1. The van der Waals surface area contributed by atoms with Gasteiger partial charge in [-0.2, -0.15) is 0 Å². The lowest BCUT2D eigenvalue weighted by atomic mass is 10.1. The van der Waals surface area contributed by atoms with Gasteiger partial charge < -0.3 is 0 Å². The molecule has 0 bridgehead atoms. The summed E-state index contributed by atoms with van der Waals surface area (Å²) in [5.74, 6) is 0. The summed E-state index contributed by atoms with van der Waals surface area (Å²) < 4.78 is 7.22. The van der Waals surface area contributed by atoms with Gasteiger partial charge in [-0.25, -0.2) is 9.97 Å². The van der Waals surface area contributed by atoms with Crippen LogP contribution in [0, 0.1) is 0 Å². The lowest BCUT2D eigenvalue weighted by molar-refractivity contribution is 1.14. The van der Waals surface area contributed by atoms with Crippen LogP contribution >= 0.6 is 11.3 Å². The molecule has 0 radical (unpaired) electrons. The third-order valence-corrected chi connectivity index (χ3v) is 17.7. The van der Waals surface area contributed by atoms with E-state index < -0.39 is 8.07 Å². The van der Waals surface area contributed by atoms with Crippen LogP contribution in [0.5, 0.6) is 0 Å². The molecule has 0 aliphatic rings. The van der Waals surface area contributed by atoms with E-state index in [1.807, 2.05) is 23.7 Å². The third-order valence-electron chi connectivity index (χ3n) is 11.8. The first-order valence-corrected chi connectivity index (χ1v) is 21.8. The highest BCUT2D eigenvalue weighted by Gasteiger charge is 2.42. The fraction of sp³-hybridized carbons (Fsp3) is 0. The Morgan fingerprint density at radius 1 is 0.411 bits per heavy atom. The first kappa shape index (κ1) is 31.5. The van der Waals surface area contributed by atoms with E-state index in [0.717, 1.165) is 33.4 Å². The Morgan fingerprint density at radius 3 is 1.95 bits per heavy atom. The van der Waals surface area contributed by atoms with Gasteiger partial charge in [-0.05, 0) is 74.7 Å². The Kier molecular flexibility index (Phi) is 6.79. The van der Waals surface area contributed by atoms with E-state index in [2.05, 4.69) is 191 Å². The molecule has 0 spiro atoms. The summed E-state index contributed by atoms with van der Waals surface area (Å²) >= 11 is 1.86. The third kappa shape index (κ3) is 4.33. The van der Waals surface area contributed by atoms with Gasteiger partial charge in [0.1, 0.15) is 11.3 Å². The Hall–Kier alpha value is -6.86. The van der Waals surface area contributed by atoms with Crippen LogP contribution in [0.1, 0.15) is 0 Å². The van der Waals surface area contributed by atoms with Crippen LogP contribution < -0.4 is 20.7 Å². The molecule has 5 aromatic heterocycles. The van der Waals surface area contributed by atoms with Crippen molar-refractivity contribution >= 4 is 110 Å². The van der Waals surface area contributed by atoms with Crippen molar-refractivity contribution in [3.63, 3.8) is 0 Å². The van der Waals surface area contributed by atoms with Gasteiger partial charge >= 0.3 is 0 Å². The highest BCUT2D eigenvalue weighted by Crippen LogP contribution is 2.42. The molecule has 12 aromatic rings. The number of rotatable bonds is 5. The zero-order valence-corrected chi connectivity index (χ0v) is 32.0. The van der Waals surface area contributed by atoms with Crippen LogP contribution in [0.15, 0.2) is 195 Å². The Bertz CT molecular complexity index is 3450. The Labute approximate surface area is 327 Å². The van der Waals surface area contributed by atoms with Gasteiger partial charge in [0.05, 0.1) is 11.0 Å². The number of hydrogen-bond donors (Lipinski definition) is 0. The smallest absolute Gasteiger partial charge is 0.179 e. The maximum atomic E-state index is 5.08. The molecule has 56 heavy (non-hydrogen) atoms. The largest absolute Gasteiger partial charge is 0.299 e. The summed E-state index contributed by atoms with van der Waals surface area (Å²) in [5.41, 5.74) is 5.37. The average molecular weight is 749 g/mol. The van der Waals surface area contributed by atoms with E-state index in [-0.39, 0.29) is 0 Å². The van der Waals surface area contributed by atoms with Crippen molar-refractivity contribution in [2.24, 2.45) is 0 Å². The summed E-state index contributed by atoms with van der Waals surface area (Å²) in [4.78, 5) is 10.0. The molecule has 0 saturated heterocycles. The van der Waals surface area contributed by atoms with Crippen molar-refractivity contribution in [2.45, 2.75) is 0 Å². The van der Waals surface area contributed by atoms with E-state index in [1.54, 1.807) is 0 Å².